The van der Waals surface area contributed by atoms with Gasteiger partial charge in [-0.3, -0.25) is 4.98 Å². The predicted molar refractivity (Wildman–Crippen MR) is 69.7 cm³/mol. The fraction of sp³-hybridized carbons (Fsp3) is 0.357. The van der Waals surface area contributed by atoms with Crippen LogP contribution in [0.1, 0.15) is 18.9 Å². The minimum Gasteiger partial charge on any atom is -0.395 e. The van der Waals surface area contributed by atoms with E-state index in [1.54, 1.807) is 0 Å². The number of pyridine rings is 1. The number of fused-ring (bicyclic) bond motifs is 1. The number of nitrogens with zero attached hydrogens (tertiary/aromatic N) is 1. The van der Waals surface area contributed by atoms with E-state index >= 15 is 0 Å². The highest BCUT2D eigenvalue weighted by Gasteiger charge is 2.05. The van der Waals surface area contributed by atoms with Crippen molar-refractivity contribution in [1.82, 2.24) is 10.3 Å². The number of aliphatic hydroxyl groups excluding tert-OH is 1. The number of aliphatic hydroxyl groups is 1. The quantitative estimate of drug-likeness (QED) is 0.826. The molecule has 0 aliphatic heterocycles. The van der Waals surface area contributed by atoms with E-state index in [1.807, 2.05) is 24.5 Å². The molecule has 0 aliphatic rings. The van der Waals surface area contributed by atoms with Gasteiger partial charge in [-0.05, 0) is 23.4 Å². The Bertz CT molecular complexity index is 475. The SMILES string of the molecule is CC[C@H](CO)NCc1cccc2cnccc12. The molecule has 0 amide bonds. The first-order valence-electron chi connectivity index (χ1n) is 6.01. The lowest BCUT2D eigenvalue weighted by atomic mass is 10.1. The molecule has 0 fully saturated rings. The Kier molecular flexibility index (Phi) is 4.07. The molecule has 0 saturated carbocycles. The average molecular weight is 230 g/mol. The van der Waals surface area contributed by atoms with Gasteiger partial charge in [0.2, 0.25) is 0 Å². The lowest BCUT2D eigenvalue weighted by molar-refractivity contribution is 0.238. The lowest BCUT2D eigenvalue weighted by Crippen LogP contribution is -2.31. The van der Waals surface area contributed by atoms with Crippen LogP contribution in [0.25, 0.3) is 10.8 Å². The van der Waals surface area contributed by atoms with Crippen molar-refractivity contribution in [2.75, 3.05) is 6.61 Å². The van der Waals surface area contributed by atoms with Crippen LogP contribution < -0.4 is 5.32 Å². The van der Waals surface area contributed by atoms with Crippen molar-refractivity contribution in [2.45, 2.75) is 25.9 Å². The van der Waals surface area contributed by atoms with Crippen molar-refractivity contribution in [3.63, 3.8) is 0 Å². The van der Waals surface area contributed by atoms with Crippen LogP contribution in [0.4, 0.5) is 0 Å². The van der Waals surface area contributed by atoms with Crippen LogP contribution in [0.3, 0.4) is 0 Å². The van der Waals surface area contributed by atoms with Crippen LogP contribution in [0.2, 0.25) is 0 Å². The standard InChI is InChI=1S/C14H18N2O/c1-2-13(10-17)16-9-12-5-3-4-11-8-15-7-6-14(11)12/h3-8,13,16-17H,2,9-10H2,1H3/t13-/m1/s1. The molecule has 0 unspecified atom stereocenters. The Morgan fingerprint density at radius 2 is 2.24 bits per heavy atom. The molecular weight excluding hydrogens is 212 g/mol. The van der Waals surface area contributed by atoms with Gasteiger partial charge in [0.1, 0.15) is 0 Å². The molecule has 2 rings (SSSR count). The summed E-state index contributed by atoms with van der Waals surface area (Å²) in [4.78, 5) is 4.12. The first-order chi connectivity index (χ1) is 8.35. The third-order valence-corrected chi connectivity index (χ3v) is 3.07. The summed E-state index contributed by atoms with van der Waals surface area (Å²) in [7, 11) is 0. The third-order valence-electron chi connectivity index (χ3n) is 3.07. The van der Waals surface area contributed by atoms with Gasteiger partial charge in [0.05, 0.1) is 6.61 Å². The second-order valence-electron chi connectivity index (χ2n) is 4.18. The van der Waals surface area contributed by atoms with Gasteiger partial charge in [0, 0.05) is 30.4 Å². The molecular formula is C14H18N2O. The van der Waals surface area contributed by atoms with Crippen molar-refractivity contribution in [3.05, 3.63) is 42.2 Å². The Morgan fingerprint density at radius 1 is 1.35 bits per heavy atom. The van der Waals surface area contributed by atoms with Crippen molar-refractivity contribution in [3.8, 4) is 0 Å². The van der Waals surface area contributed by atoms with Gasteiger partial charge in [0.15, 0.2) is 0 Å². The van der Waals surface area contributed by atoms with Crippen LogP contribution in [-0.2, 0) is 6.54 Å². The van der Waals surface area contributed by atoms with E-state index in [0.717, 1.165) is 18.4 Å². The second-order valence-corrected chi connectivity index (χ2v) is 4.18. The Labute approximate surface area is 102 Å². The summed E-state index contributed by atoms with van der Waals surface area (Å²) in [5.41, 5.74) is 1.25. The normalized spacial score (nSPS) is 12.8. The van der Waals surface area contributed by atoms with Crippen molar-refractivity contribution < 1.29 is 5.11 Å². The zero-order valence-electron chi connectivity index (χ0n) is 10.1. The van der Waals surface area contributed by atoms with E-state index in [2.05, 4.69) is 29.4 Å². The number of aromatic nitrogens is 1. The highest BCUT2D eigenvalue weighted by atomic mass is 16.3. The maximum absolute atomic E-state index is 9.14. The van der Waals surface area contributed by atoms with E-state index < -0.39 is 0 Å². The van der Waals surface area contributed by atoms with E-state index in [1.165, 1.54) is 10.9 Å². The third kappa shape index (κ3) is 2.81. The predicted octanol–water partition coefficient (Wildman–Crippen LogP) is 2.10. The zero-order chi connectivity index (χ0) is 12.1. The van der Waals surface area contributed by atoms with E-state index in [9.17, 15) is 0 Å². The molecule has 2 aromatic rings. The molecule has 0 aliphatic carbocycles. The van der Waals surface area contributed by atoms with E-state index in [-0.39, 0.29) is 12.6 Å². The first-order valence-corrected chi connectivity index (χ1v) is 6.01. The van der Waals surface area contributed by atoms with Crippen LogP contribution >= 0.6 is 0 Å². The number of hydrogen-bond donors (Lipinski definition) is 2. The smallest absolute Gasteiger partial charge is 0.0584 e. The van der Waals surface area contributed by atoms with Gasteiger partial charge in [-0.25, -0.2) is 0 Å². The molecule has 0 spiro atoms. The molecule has 90 valence electrons. The van der Waals surface area contributed by atoms with Gasteiger partial charge >= 0.3 is 0 Å². The van der Waals surface area contributed by atoms with Gasteiger partial charge in [0.25, 0.3) is 0 Å². The van der Waals surface area contributed by atoms with Crippen LogP contribution in [0, 0.1) is 0 Å². The topological polar surface area (TPSA) is 45.1 Å². The fourth-order valence-electron chi connectivity index (χ4n) is 1.94. The fourth-order valence-corrected chi connectivity index (χ4v) is 1.94. The lowest BCUT2D eigenvalue weighted by Gasteiger charge is -2.14. The summed E-state index contributed by atoms with van der Waals surface area (Å²) in [6.45, 7) is 3.03. The summed E-state index contributed by atoms with van der Waals surface area (Å²) in [6.07, 6.45) is 4.63. The van der Waals surface area contributed by atoms with E-state index in [0.29, 0.717) is 0 Å². The highest BCUT2D eigenvalue weighted by molar-refractivity contribution is 5.84. The first kappa shape index (κ1) is 12.0. The highest BCUT2D eigenvalue weighted by Crippen LogP contribution is 2.17. The molecule has 2 N–H and O–H groups in total. The molecule has 0 saturated heterocycles. The molecule has 1 heterocycles. The molecule has 0 radical (unpaired) electrons. The maximum atomic E-state index is 9.14. The number of benzene rings is 1. The van der Waals surface area contributed by atoms with Gasteiger partial charge in [-0.2, -0.15) is 0 Å². The number of rotatable bonds is 5. The molecule has 17 heavy (non-hydrogen) atoms. The summed E-state index contributed by atoms with van der Waals surface area (Å²) in [6, 6.07) is 8.42. The maximum Gasteiger partial charge on any atom is 0.0584 e. The minimum absolute atomic E-state index is 0.173. The number of hydrogen-bond acceptors (Lipinski definition) is 3. The van der Waals surface area contributed by atoms with Crippen LogP contribution in [-0.4, -0.2) is 22.7 Å². The van der Waals surface area contributed by atoms with Crippen molar-refractivity contribution in [1.29, 1.82) is 0 Å². The second kappa shape index (κ2) is 5.75. The summed E-state index contributed by atoms with van der Waals surface area (Å²) in [5.74, 6) is 0. The van der Waals surface area contributed by atoms with Crippen molar-refractivity contribution >= 4 is 10.8 Å². The Hall–Kier alpha value is -1.45. The van der Waals surface area contributed by atoms with Crippen LogP contribution in [0.15, 0.2) is 36.7 Å². The average Bonchev–Trinajstić information content (AvgIpc) is 2.40. The molecule has 1 aromatic heterocycles. The molecule has 1 aromatic carbocycles. The van der Waals surface area contributed by atoms with Gasteiger partial charge in [-0.15, -0.1) is 0 Å². The summed E-state index contributed by atoms with van der Waals surface area (Å²) < 4.78 is 0. The molecule has 0 bridgehead atoms. The minimum atomic E-state index is 0.173. The van der Waals surface area contributed by atoms with Crippen LogP contribution in [0.5, 0.6) is 0 Å². The largest absolute Gasteiger partial charge is 0.395 e. The summed E-state index contributed by atoms with van der Waals surface area (Å²) >= 11 is 0. The van der Waals surface area contributed by atoms with E-state index in [4.69, 9.17) is 5.11 Å². The van der Waals surface area contributed by atoms with Gasteiger partial charge < -0.3 is 10.4 Å². The molecule has 1 atom stereocenters. The zero-order valence-corrected chi connectivity index (χ0v) is 10.1. The Morgan fingerprint density at radius 3 is 3.00 bits per heavy atom. The van der Waals surface area contributed by atoms with Gasteiger partial charge in [-0.1, -0.05) is 25.1 Å². The van der Waals surface area contributed by atoms with Crippen molar-refractivity contribution in [2.24, 2.45) is 0 Å². The molecule has 3 heteroatoms. The Balaban J connectivity index is 2.18. The number of nitrogens with one attached hydrogen (secondary N) is 1. The monoisotopic (exact) mass is 230 g/mol. The summed E-state index contributed by atoms with van der Waals surface area (Å²) in [5, 5.41) is 14.9. The molecule has 3 nitrogen and oxygen atoms in total.